The maximum atomic E-state index is 13.1. The fraction of sp³-hybridized carbons (Fsp3) is 0.400. The Kier molecular flexibility index (Phi) is 7.82. The number of carbonyl (C=O) groups is 3. The first-order valence-electron chi connectivity index (χ1n) is 11.0. The van der Waals surface area contributed by atoms with Gasteiger partial charge in [0.25, 0.3) is 11.8 Å². The van der Waals surface area contributed by atoms with Gasteiger partial charge in [0.2, 0.25) is 5.91 Å². The Morgan fingerprint density at radius 1 is 1.03 bits per heavy atom. The molecule has 1 aliphatic rings. The topological polar surface area (TPSA) is 78.5 Å². The van der Waals surface area contributed by atoms with Crippen LogP contribution in [0.3, 0.4) is 0 Å². The number of nitrogens with one attached hydrogen (secondary N) is 2. The molecule has 0 aromatic heterocycles. The maximum Gasteiger partial charge on any atom is 0.255 e. The summed E-state index contributed by atoms with van der Waals surface area (Å²) < 4.78 is 0. The number of benzene rings is 2. The smallest absolute Gasteiger partial charge is 0.255 e. The van der Waals surface area contributed by atoms with Crippen LogP contribution in [-0.2, 0) is 4.79 Å². The van der Waals surface area contributed by atoms with E-state index in [1.54, 1.807) is 53.4 Å². The summed E-state index contributed by atoms with van der Waals surface area (Å²) in [6, 6.07) is 15.9. The van der Waals surface area contributed by atoms with E-state index in [0.29, 0.717) is 42.4 Å². The third-order valence-corrected chi connectivity index (χ3v) is 5.50. The normalized spacial score (nSPS) is 16.1. The summed E-state index contributed by atoms with van der Waals surface area (Å²) in [6.07, 6.45) is 2.55. The van der Waals surface area contributed by atoms with Crippen LogP contribution in [0.5, 0.6) is 0 Å². The molecule has 6 heteroatoms. The van der Waals surface area contributed by atoms with Gasteiger partial charge in [0.05, 0.1) is 5.92 Å². The van der Waals surface area contributed by atoms with Crippen LogP contribution in [0.4, 0.5) is 5.69 Å². The van der Waals surface area contributed by atoms with Gasteiger partial charge < -0.3 is 15.5 Å². The molecule has 2 aromatic rings. The van der Waals surface area contributed by atoms with Gasteiger partial charge in [-0.1, -0.05) is 38.1 Å². The lowest BCUT2D eigenvalue weighted by Crippen LogP contribution is -2.45. The minimum Gasteiger partial charge on any atom is -0.356 e. The third kappa shape index (κ3) is 6.41. The summed E-state index contributed by atoms with van der Waals surface area (Å²) in [5.41, 5.74) is 1.63. The zero-order valence-electron chi connectivity index (χ0n) is 18.3. The van der Waals surface area contributed by atoms with Crippen LogP contribution in [0.2, 0.25) is 0 Å². The summed E-state index contributed by atoms with van der Waals surface area (Å²) in [7, 11) is 0. The van der Waals surface area contributed by atoms with Gasteiger partial charge in [-0.15, -0.1) is 0 Å². The second kappa shape index (κ2) is 10.8. The molecular formula is C25H31N3O3. The van der Waals surface area contributed by atoms with Crippen LogP contribution in [0.1, 0.15) is 53.8 Å². The van der Waals surface area contributed by atoms with E-state index in [0.717, 1.165) is 19.3 Å². The molecule has 1 aliphatic heterocycles. The lowest BCUT2D eigenvalue weighted by atomic mass is 9.96. The molecule has 0 aliphatic carbocycles. The number of amides is 3. The number of anilines is 1. The van der Waals surface area contributed by atoms with E-state index in [1.165, 1.54) is 0 Å². The van der Waals surface area contributed by atoms with Gasteiger partial charge in [-0.3, -0.25) is 14.4 Å². The number of hydrogen-bond acceptors (Lipinski definition) is 3. The van der Waals surface area contributed by atoms with Crippen molar-refractivity contribution in [2.45, 2.75) is 33.1 Å². The lowest BCUT2D eigenvalue weighted by Gasteiger charge is -2.32. The van der Waals surface area contributed by atoms with Crippen LogP contribution >= 0.6 is 0 Å². The monoisotopic (exact) mass is 421 g/mol. The number of hydrogen-bond donors (Lipinski definition) is 2. The molecule has 0 radical (unpaired) electrons. The molecule has 6 nitrogen and oxygen atoms in total. The van der Waals surface area contributed by atoms with E-state index in [9.17, 15) is 14.4 Å². The molecule has 1 atom stereocenters. The van der Waals surface area contributed by atoms with Crippen molar-refractivity contribution >= 4 is 23.4 Å². The van der Waals surface area contributed by atoms with Gasteiger partial charge in [-0.2, -0.15) is 0 Å². The fourth-order valence-electron chi connectivity index (χ4n) is 3.71. The first-order valence-corrected chi connectivity index (χ1v) is 11.0. The predicted molar refractivity (Wildman–Crippen MR) is 122 cm³/mol. The number of carbonyl (C=O) groups excluding carboxylic acids is 3. The van der Waals surface area contributed by atoms with E-state index < -0.39 is 0 Å². The molecule has 1 heterocycles. The second-order valence-corrected chi connectivity index (χ2v) is 8.46. The molecule has 2 aromatic carbocycles. The molecule has 2 N–H and O–H groups in total. The Morgan fingerprint density at radius 2 is 1.77 bits per heavy atom. The number of likely N-dealkylation sites (tertiary alicyclic amines) is 1. The number of nitrogens with zero attached hydrogens (tertiary/aromatic N) is 1. The molecule has 0 saturated carbocycles. The zero-order valence-corrected chi connectivity index (χ0v) is 18.3. The van der Waals surface area contributed by atoms with E-state index >= 15 is 0 Å². The first kappa shape index (κ1) is 22.5. The molecule has 0 bridgehead atoms. The van der Waals surface area contributed by atoms with Crippen molar-refractivity contribution in [3.8, 4) is 0 Å². The predicted octanol–water partition coefficient (Wildman–Crippen LogP) is 3.95. The Bertz CT molecular complexity index is 911. The summed E-state index contributed by atoms with van der Waals surface area (Å²) in [5.74, 6) is 0.0593. The molecule has 1 unspecified atom stereocenters. The van der Waals surface area contributed by atoms with Gasteiger partial charge in [0.1, 0.15) is 0 Å². The summed E-state index contributed by atoms with van der Waals surface area (Å²) in [4.78, 5) is 39.7. The highest BCUT2D eigenvalue weighted by atomic mass is 16.2. The van der Waals surface area contributed by atoms with E-state index in [-0.39, 0.29) is 23.6 Å². The minimum absolute atomic E-state index is 0.0297. The Labute approximate surface area is 184 Å². The summed E-state index contributed by atoms with van der Waals surface area (Å²) >= 11 is 0. The van der Waals surface area contributed by atoms with Gasteiger partial charge in [-0.25, -0.2) is 0 Å². The van der Waals surface area contributed by atoms with E-state index in [1.807, 2.05) is 6.07 Å². The van der Waals surface area contributed by atoms with Crippen molar-refractivity contribution in [1.82, 2.24) is 10.2 Å². The van der Waals surface area contributed by atoms with E-state index in [2.05, 4.69) is 24.5 Å². The first-order chi connectivity index (χ1) is 14.9. The lowest BCUT2D eigenvalue weighted by molar-refractivity contribution is -0.126. The SMILES string of the molecule is CC(C)CCNC(=O)C1CCCN(C(=O)c2cccc(NC(=O)c3ccccc3)c2)C1. The van der Waals surface area contributed by atoms with Crippen LogP contribution in [-0.4, -0.2) is 42.3 Å². The molecule has 3 amide bonds. The molecule has 0 spiro atoms. The fourth-order valence-corrected chi connectivity index (χ4v) is 3.71. The largest absolute Gasteiger partial charge is 0.356 e. The molecular weight excluding hydrogens is 390 g/mol. The van der Waals surface area contributed by atoms with Crippen LogP contribution in [0, 0.1) is 11.8 Å². The van der Waals surface area contributed by atoms with E-state index in [4.69, 9.17) is 0 Å². The summed E-state index contributed by atoms with van der Waals surface area (Å²) in [6.45, 7) is 5.99. The molecule has 3 rings (SSSR count). The number of piperidine rings is 1. The Balaban J connectivity index is 1.61. The number of rotatable bonds is 7. The van der Waals surface area contributed by atoms with Crippen LogP contribution < -0.4 is 10.6 Å². The van der Waals surface area contributed by atoms with Gasteiger partial charge in [0, 0.05) is 36.4 Å². The van der Waals surface area contributed by atoms with Crippen LogP contribution in [0.15, 0.2) is 54.6 Å². The highest BCUT2D eigenvalue weighted by molar-refractivity contribution is 6.05. The zero-order chi connectivity index (χ0) is 22.2. The molecule has 1 saturated heterocycles. The minimum atomic E-state index is -0.221. The highest BCUT2D eigenvalue weighted by Gasteiger charge is 2.29. The van der Waals surface area contributed by atoms with Crippen molar-refractivity contribution in [2.75, 3.05) is 25.0 Å². The van der Waals surface area contributed by atoms with Crippen LogP contribution in [0.25, 0.3) is 0 Å². The highest BCUT2D eigenvalue weighted by Crippen LogP contribution is 2.21. The average Bonchev–Trinajstić information content (AvgIpc) is 2.79. The second-order valence-electron chi connectivity index (χ2n) is 8.46. The van der Waals surface area contributed by atoms with Gasteiger partial charge in [0.15, 0.2) is 0 Å². The molecule has 1 fully saturated rings. The third-order valence-electron chi connectivity index (χ3n) is 5.50. The molecule has 164 valence electrons. The average molecular weight is 422 g/mol. The maximum absolute atomic E-state index is 13.1. The van der Waals surface area contributed by atoms with Gasteiger partial charge in [-0.05, 0) is 55.5 Å². The van der Waals surface area contributed by atoms with Crippen molar-refractivity contribution in [3.63, 3.8) is 0 Å². The summed E-state index contributed by atoms with van der Waals surface area (Å²) in [5, 5.41) is 5.85. The van der Waals surface area contributed by atoms with Gasteiger partial charge >= 0.3 is 0 Å². The van der Waals surface area contributed by atoms with Crippen molar-refractivity contribution in [2.24, 2.45) is 11.8 Å². The van der Waals surface area contributed by atoms with Crippen molar-refractivity contribution < 1.29 is 14.4 Å². The Hall–Kier alpha value is -3.15. The van der Waals surface area contributed by atoms with Crippen molar-refractivity contribution in [1.29, 1.82) is 0 Å². The quantitative estimate of drug-likeness (QED) is 0.710. The Morgan fingerprint density at radius 3 is 2.52 bits per heavy atom. The molecule has 31 heavy (non-hydrogen) atoms. The standard InChI is InChI=1S/C25H31N3O3/c1-18(2)13-14-26-23(29)21-11-7-15-28(17-21)25(31)20-10-6-12-22(16-20)27-24(30)19-8-4-3-5-9-19/h3-6,8-10,12,16,18,21H,7,11,13-15,17H2,1-2H3,(H,26,29)(H,27,30). The van der Waals surface area contributed by atoms with Crippen molar-refractivity contribution in [3.05, 3.63) is 65.7 Å².